The van der Waals surface area contributed by atoms with E-state index in [4.69, 9.17) is 0 Å². The fourth-order valence-electron chi connectivity index (χ4n) is 12.1. The third-order valence-corrected chi connectivity index (χ3v) is 24.1. The predicted molar refractivity (Wildman–Crippen MR) is 265 cm³/mol. The maximum Gasteiger partial charge on any atom is -0.0170 e. The molecule has 0 aromatic carbocycles. The van der Waals surface area contributed by atoms with E-state index in [1.165, 1.54) is 0 Å². The summed E-state index contributed by atoms with van der Waals surface area (Å²) < 4.78 is 0. The number of hydrogen-bond acceptors (Lipinski definition) is 0. The average molecular weight is 809 g/mol. The van der Waals surface area contributed by atoms with Crippen molar-refractivity contribution in [1.82, 2.24) is 0 Å². The molecule has 0 aliphatic heterocycles. The largest absolute Gasteiger partial charge is 0.0901 e. The van der Waals surface area contributed by atoms with Gasteiger partial charge in [-0.25, -0.2) is 0 Å². The SMILES string of the molecule is CC(C)(C)P(C(C)(C)C)C(C)(C)C.CC(C)(C)P(C(C)(C)C)C(C)(C)C.CC(C)(C)P(C(C)(C)C)C(C)(C)C.CC(C)(C)P(C(C)(C)C)C(C)(C)C. The maximum absolute atomic E-state index is 2.38. The van der Waals surface area contributed by atoms with Crippen LogP contribution < -0.4 is 0 Å². The van der Waals surface area contributed by atoms with E-state index < -0.39 is 0 Å². The van der Waals surface area contributed by atoms with E-state index >= 15 is 0 Å². The Morgan fingerprint density at radius 2 is 0.154 bits per heavy atom. The maximum atomic E-state index is 2.38. The van der Waals surface area contributed by atoms with Crippen molar-refractivity contribution in [3.05, 3.63) is 0 Å². The highest BCUT2D eigenvalue weighted by atomic mass is 31.1. The third kappa shape index (κ3) is 24.5. The molecule has 0 atom stereocenters. The molecule has 0 aliphatic rings. The zero-order valence-corrected chi connectivity index (χ0v) is 47.4. The lowest BCUT2D eigenvalue weighted by Gasteiger charge is -2.49. The second-order valence-corrected chi connectivity index (χ2v) is 46.2. The van der Waals surface area contributed by atoms with Gasteiger partial charge in [0.2, 0.25) is 0 Å². The van der Waals surface area contributed by atoms with E-state index in [0.717, 1.165) is 0 Å². The van der Waals surface area contributed by atoms with Crippen LogP contribution in [-0.4, -0.2) is 61.9 Å². The molecule has 0 aromatic heterocycles. The first-order valence-electron chi connectivity index (χ1n) is 20.7. The van der Waals surface area contributed by atoms with Crippen molar-refractivity contribution < 1.29 is 0 Å². The molecule has 0 nitrogen and oxygen atoms in total. The molecule has 0 heterocycles. The minimum atomic E-state index is 0.0162. The van der Waals surface area contributed by atoms with Gasteiger partial charge in [0.15, 0.2) is 0 Å². The molecule has 0 unspecified atom stereocenters. The molecule has 0 radical (unpaired) electrons. The van der Waals surface area contributed by atoms with Crippen molar-refractivity contribution in [3.63, 3.8) is 0 Å². The summed E-state index contributed by atoms with van der Waals surface area (Å²) in [6, 6.07) is 0. The van der Waals surface area contributed by atoms with E-state index in [1.807, 2.05) is 0 Å². The van der Waals surface area contributed by atoms with Crippen molar-refractivity contribution in [2.24, 2.45) is 0 Å². The highest BCUT2D eigenvalue weighted by molar-refractivity contribution is 7.63. The smallest absolute Gasteiger partial charge is 0.0170 e. The van der Waals surface area contributed by atoms with Crippen molar-refractivity contribution >= 4 is 31.7 Å². The molecule has 0 fully saturated rings. The summed E-state index contributed by atoms with van der Waals surface area (Å²) in [6.45, 7) is 85.8. The lowest BCUT2D eigenvalue weighted by atomic mass is 10.2. The van der Waals surface area contributed by atoms with Crippen molar-refractivity contribution in [2.75, 3.05) is 0 Å². The summed E-state index contributed by atoms with van der Waals surface area (Å²) in [5.41, 5.74) is 0. The van der Waals surface area contributed by atoms with Crippen molar-refractivity contribution in [1.29, 1.82) is 0 Å². The summed E-state index contributed by atoms with van der Waals surface area (Å²) in [5, 5.41) is 5.40. The van der Waals surface area contributed by atoms with Crippen molar-refractivity contribution in [2.45, 2.75) is 311 Å². The van der Waals surface area contributed by atoms with Crippen LogP contribution in [0.5, 0.6) is 0 Å². The average Bonchev–Trinajstić information content (AvgIpc) is 2.51. The lowest BCUT2D eigenvalue weighted by molar-refractivity contribution is 0.643. The first kappa shape index (κ1) is 60.4. The van der Waals surface area contributed by atoms with E-state index in [-0.39, 0.29) is 31.7 Å². The second-order valence-electron chi connectivity index (χ2n) is 27.4. The topological polar surface area (TPSA) is 0 Å². The fourth-order valence-corrected chi connectivity index (χ4v) is 36.2. The van der Waals surface area contributed by atoms with Gasteiger partial charge in [0.1, 0.15) is 0 Å². The molecule has 0 saturated heterocycles. The summed E-state index contributed by atoms with van der Waals surface area (Å²) >= 11 is 0. The minimum absolute atomic E-state index is 0.0162. The zero-order valence-electron chi connectivity index (χ0n) is 43.8. The molecule has 52 heavy (non-hydrogen) atoms. The van der Waals surface area contributed by atoms with Gasteiger partial charge in [0, 0.05) is 0 Å². The highest BCUT2D eigenvalue weighted by Crippen LogP contribution is 2.69. The molecular formula is C48H108P4. The van der Waals surface area contributed by atoms with Crippen LogP contribution in [0, 0.1) is 0 Å². The van der Waals surface area contributed by atoms with Crippen molar-refractivity contribution in [3.8, 4) is 0 Å². The summed E-state index contributed by atoms with van der Waals surface area (Å²) in [4.78, 5) is 0. The van der Waals surface area contributed by atoms with Gasteiger partial charge in [-0.2, -0.15) is 0 Å². The van der Waals surface area contributed by atoms with E-state index in [0.29, 0.717) is 61.9 Å². The molecule has 0 amide bonds. The van der Waals surface area contributed by atoms with Gasteiger partial charge in [-0.05, 0) is 61.9 Å². The van der Waals surface area contributed by atoms with E-state index in [9.17, 15) is 0 Å². The molecule has 0 bridgehead atoms. The van der Waals surface area contributed by atoms with Gasteiger partial charge in [0.25, 0.3) is 0 Å². The zero-order chi connectivity index (χ0) is 44.3. The molecule has 4 heteroatoms. The molecule has 320 valence electrons. The predicted octanol–water partition coefficient (Wildman–Crippen LogP) is 19.5. The Kier molecular flexibility index (Phi) is 22.3. The highest BCUT2D eigenvalue weighted by Gasteiger charge is 2.44. The summed E-state index contributed by atoms with van der Waals surface area (Å²) in [7, 11) is 0.0648. The molecule has 0 N–H and O–H groups in total. The molecule has 0 saturated carbocycles. The summed E-state index contributed by atoms with van der Waals surface area (Å²) in [5.74, 6) is 0. The van der Waals surface area contributed by atoms with Crippen LogP contribution in [0.15, 0.2) is 0 Å². The molecule has 0 spiro atoms. The lowest BCUT2D eigenvalue weighted by Crippen LogP contribution is -2.34. The van der Waals surface area contributed by atoms with Crippen LogP contribution >= 0.6 is 31.7 Å². The van der Waals surface area contributed by atoms with Gasteiger partial charge >= 0.3 is 0 Å². The molecule has 0 aliphatic carbocycles. The molecular weight excluding hydrogens is 700 g/mol. The third-order valence-electron chi connectivity index (χ3n) is 8.05. The first-order chi connectivity index (χ1) is 21.5. The number of rotatable bonds is 0. The van der Waals surface area contributed by atoms with Gasteiger partial charge in [-0.15, -0.1) is 0 Å². The van der Waals surface area contributed by atoms with E-state index in [2.05, 4.69) is 249 Å². The Bertz CT molecular complexity index is 679. The van der Waals surface area contributed by atoms with Crippen LogP contribution in [0.3, 0.4) is 0 Å². The van der Waals surface area contributed by atoms with Crippen LogP contribution in [0.2, 0.25) is 0 Å². The Morgan fingerprint density at radius 3 is 0.154 bits per heavy atom. The van der Waals surface area contributed by atoms with Gasteiger partial charge in [-0.3, -0.25) is 0 Å². The van der Waals surface area contributed by atoms with Gasteiger partial charge in [0.05, 0.1) is 0 Å². The Hall–Kier alpha value is 1.72. The number of hydrogen-bond donors (Lipinski definition) is 0. The Morgan fingerprint density at radius 1 is 0.115 bits per heavy atom. The van der Waals surface area contributed by atoms with Crippen LogP contribution in [-0.2, 0) is 0 Å². The monoisotopic (exact) mass is 809 g/mol. The fraction of sp³-hybridized carbons (Fsp3) is 1.00. The first-order valence-corrected chi connectivity index (χ1v) is 26.0. The van der Waals surface area contributed by atoms with Gasteiger partial charge in [-0.1, -0.05) is 281 Å². The summed E-state index contributed by atoms with van der Waals surface area (Å²) in [6.07, 6.45) is 0. The Labute approximate surface area is 341 Å². The standard InChI is InChI=1S/4C12H27P/c4*1-10(2,3)13(11(4,5)6)12(7,8)9/h4*1-9H3. The van der Waals surface area contributed by atoms with Crippen LogP contribution in [0.25, 0.3) is 0 Å². The Balaban J connectivity index is -0.000000295. The van der Waals surface area contributed by atoms with Gasteiger partial charge < -0.3 is 0 Å². The van der Waals surface area contributed by atoms with Crippen LogP contribution in [0.4, 0.5) is 0 Å². The molecule has 0 aromatic rings. The minimum Gasteiger partial charge on any atom is -0.0901 e. The van der Waals surface area contributed by atoms with E-state index in [1.54, 1.807) is 0 Å². The molecule has 0 rings (SSSR count). The normalized spacial score (nSPS) is 15.2. The van der Waals surface area contributed by atoms with Crippen LogP contribution in [0.1, 0.15) is 249 Å². The second kappa shape index (κ2) is 19.2. The quantitative estimate of drug-likeness (QED) is 0.214.